The first-order valence-electron chi connectivity index (χ1n) is 5.46. The van der Waals surface area contributed by atoms with Gasteiger partial charge in [0.15, 0.2) is 0 Å². The van der Waals surface area contributed by atoms with Crippen LogP contribution in [0.1, 0.15) is 28.3 Å². The molecule has 2 aliphatic rings. The minimum absolute atomic E-state index is 0.314. The second-order valence-electron chi connectivity index (χ2n) is 4.49. The molecule has 1 aromatic carbocycles. The van der Waals surface area contributed by atoms with Crippen LogP contribution in [0.5, 0.6) is 0 Å². The Bertz CT molecular complexity index is 455. The van der Waals surface area contributed by atoms with Crippen molar-refractivity contribution < 1.29 is 5.11 Å². The predicted molar refractivity (Wildman–Crippen MR) is 72.0 cm³/mol. The summed E-state index contributed by atoms with van der Waals surface area (Å²) >= 11 is 7.15. The van der Waals surface area contributed by atoms with Gasteiger partial charge in [0.2, 0.25) is 0 Å². The lowest BCUT2D eigenvalue weighted by Crippen LogP contribution is -2.32. The molecule has 0 heterocycles. The predicted octanol–water partition coefficient (Wildman–Crippen LogP) is 3.88. The summed E-state index contributed by atoms with van der Waals surface area (Å²) in [6.45, 7) is 0. The van der Waals surface area contributed by atoms with Crippen molar-refractivity contribution in [3.8, 4) is 0 Å². The molecule has 1 N–H and O–H groups in total. The minimum atomic E-state index is -0.335. The van der Waals surface area contributed by atoms with E-state index in [0.29, 0.717) is 16.7 Å². The molecule has 0 saturated heterocycles. The van der Waals surface area contributed by atoms with Gasteiger partial charge in [0.25, 0.3) is 0 Å². The van der Waals surface area contributed by atoms with E-state index in [0.717, 1.165) is 10.9 Å². The fourth-order valence-corrected chi connectivity index (χ4v) is 4.43. The quantitative estimate of drug-likeness (QED) is 0.767. The van der Waals surface area contributed by atoms with E-state index >= 15 is 0 Å². The number of alkyl halides is 1. The van der Waals surface area contributed by atoms with E-state index in [9.17, 15) is 5.11 Å². The highest BCUT2D eigenvalue weighted by Crippen LogP contribution is 2.57. The first kappa shape index (κ1) is 11.0. The lowest BCUT2D eigenvalue weighted by atomic mass is 9.69. The fraction of sp³-hybridized carbons (Fsp3) is 0.385. The van der Waals surface area contributed by atoms with Gasteiger partial charge < -0.3 is 5.11 Å². The van der Waals surface area contributed by atoms with Crippen molar-refractivity contribution in [3.05, 3.63) is 46.0 Å². The van der Waals surface area contributed by atoms with Gasteiger partial charge in [0, 0.05) is 21.1 Å². The SMILES string of the molecule is O[C@@H]1C(Br)=CC[C@H]1[C@@H]1c2ccccc2[C@H]1Br. The number of aliphatic hydroxyl groups is 1. The molecule has 0 aliphatic heterocycles. The van der Waals surface area contributed by atoms with Crippen LogP contribution >= 0.6 is 31.9 Å². The van der Waals surface area contributed by atoms with E-state index in [1.807, 2.05) is 0 Å². The van der Waals surface area contributed by atoms with E-state index in [1.54, 1.807) is 0 Å². The molecule has 3 rings (SSSR count). The van der Waals surface area contributed by atoms with E-state index in [1.165, 1.54) is 11.1 Å². The van der Waals surface area contributed by atoms with Crippen LogP contribution in [0.3, 0.4) is 0 Å². The van der Waals surface area contributed by atoms with Crippen LogP contribution in [-0.2, 0) is 0 Å². The Labute approximate surface area is 112 Å². The highest BCUT2D eigenvalue weighted by molar-refractivity contribution is 9.11. The number of aliphatic hydroxyl groups excluding tert-OH is 1. The molecule has 1 nitrogen and oxygen atoms in total. The Morgan fingerprint density at radius 2 is 1.88 bits per heavy atom. The summed E-state index contributed by atoms with van der Waals surface area (Å²) in [7, 11) is 0. The summed E-state index contributed by atoms with van der Waals surface area (Å²) in [6.07, 6.45) is 2.72. The summed E-state index contributed by atoms with van der Waals surface area (Å²) in [4.78, 5) is 0.398. The number of allylic oxidation sites excluding steroid dienone is 1. The van der Waals surface area contributed by atoms with Crippen molar-refractivity contribution in [1.82, 2.24) is 0 Å². The first-order valence-corrected chi connectivity index (χ1v) is 7.17. The molecule has 0 bridgehead atoms. The number of fused-ring (bicyclic) bond motifs is 1. The van der Waals surface area contributed by atoms with Gasteiger partial charge in [-0.3, -0.25) is 0 Å². The standard InChI is InChI=1S/C13H12Br2O/c14-10-6-5-9(13(10)16)11-7-3-1-2-4-8(7)12(11)15/h1-4,6,9,11-13,16H,5H2/t9-,11-,12+,13-/m0/s1. The Kier molecular flexibility index (Phi) is 2.73. The molecule has 0 fully saturated rings. The molecule has 4 atom stereocenters. The number of hydrogen-bond donors (Lipinski definition) is 1. The largest absolute Gasteiger partial charge is 0.388 e. The smallest absolute Gasteiger partial charge is 0.0888 e. The highest BCUT2D eigenvalue weighted by atomic mass is 79.9. The minimum Gasteiger partial charge on any atom is -0.388 e. The van der Waals surface area contributed by atoms with Crippen LogP contribution in [0.15, 0.2) is 34.8 Å². The molecule has 84 valence electrons. The van der Waals surface area contributed by atoms with Gasteiger partial charge in [0.1, 0.15) is 0 Å². The Balaban J connectivity index is 1.90. The maximum absolute atomic E-state index is 10.1. The molecule has 2 aliphatic carbocycles. The van der Waals surface area contributed by atoms with Crippen LogP contribution in [0.25, 0.3) is 0 Å². The zero-order chi connectivity index (χ0) is 11.3. The number of rotatable bonds is 1. The van der Waals surface area contributed by atoms with Gasteiger partial charge in [-0.1, -0.05) is 62.2 Å². The molecule has 0 unspecified atom stereocenters. The monoisotopic (exact) mass is 342 g/mol. The van der Waals surface area contributed by atoms with Crippen LogP contribution in [0.2, 0.25) is 0 Å². The van der Waals surface area contributed by atoms with Crippen molar-refractivity contribution in [2.45, 2.75) is 23.3 Å². The third kappa shape index (κ3) is 1.45. The number of hydrogen-bond acceptors (Lipinski definition) is 1. The van der Waals surface area contributed by atoms with Gasteiger partial charge in [-0.2, -0.15) is 0 Å². The summed E-state index contributed by atoms with van der Waals surface area (Å²) < 4.78 is 0.946. The fourth-order valence-electron chi connectivity index (χ4n) is 2.81. The maximum atomic E-state index is 10.1. The molecule has 16 heavy (non-hydrogen) atoms. The van der Waals surface area contributed by atoms with E-state index in [4.69, 9.17) is 0 Å². The second-order valence-corrected chi connectivity index (χ2v) is 6.39. The van der Waals surface area contributed by atoms with Crippen LogP contribution in [0.4, 0.5) is 0 Å². The number of halogens is 2. The molecule has 1 aromatic rings. The molecule has 0 spiro atoms. The average Bonchev–Trinajstić information content (AvgIpc) is 2.61. The van der Waals surface area contributed by atoms with Gasteiger partial charge in [-0.15, -0.1) is 0 Å². The van der Waals surface area contributed by atoms with Crippen molar-refractivity contribution >= 4 is 31.9 Å². The highest BCUT2D eigenvalue weighted by Gasteiger charge is 2.44. The zero-order valence-electron chi connectivity index (χ0n) is 8.61. The molecule has 0 saturated carbocycles. The number of benzene rings is 1. The lowest BCUT2D eigenvalue weighted by Gasteiger charge is -2.41. The molecule has 0 radical (unpaired) electrons. The topological polar surface area (TPSA) is 20.2 Å². The first-order chi connectivity index (χ1) is 7.70. The van der Waals surface area contributed by atoms with Crippen LogP contribution in [-0.4, -0.2) is 11.2 Å². The molecule has 0 aromatic heterocycles. The van der Waals surface area contributed by atoms with E-state index in [-0.39, 0.29) is 6.10 Å². The summed E-state index contributed by atoms with van der Waals surface area (Å²) in [5.74, 6) is 0.756. The Hall–Kier alpha value is -0.120. The van der Waals surface area contributed by atoms with E-state index in [2.05, 4.69) is 62.2 Å². The average molecular weight is 344 g/mol. The Morgan fingerprint density at radius 3 is 2.50 bits per heavy atom. The van der Waals surface area contributed by atoms with Crippen molar-refractivity contribution in [2.75, 3.05) is 0 Å². The molecule has 0 amide bonds. The van der Waals surface area contributed by atoms with Crippen molar-refractivity contribution in [2.24, 2.45) is 5.92 Å². The third-order valence-corrected chi connectivity index (χ3v) is 5.56. The molecular weight excluding hydrogens is 332 g/mol. The summed E-state index contributed by atoms with van der Waals surface area (Å²) in [5, 5.41) is 10.1. The van der Waals surface area contributed by atoms with E-state index < -0.39 is 0 Å². The Morgan fingerprint density at radius 1 is 1.19 bits per heavy atom. The second kappa shape index (κ2) is 3.97. The van der Waals surface area contributed by atoms with Gasteiger partial charge in [0.05, 0.1) is 6.10 Å². The normalized spacial score (nSPS) is 36.6. The van der Waals surface area contributed by atoms with Crippen LogP contribution < -0.4 is 0 Å². The molecule has 3 heteroatoms. The van der Waals surface area contributed by atoms with Crippen molar-refractivity contribution in [1.29, 1.82) is 0 Å². The van der Waals surface area contributed by atoms with Gasteiger partial charge in [-0.05, 0) is 17.5 Å². The van der Waals surface area contributed by atoms with Crippen LogP contribution in [0, 0.1) is 5.92 Å². The zero-order valence-corrected chi connectivity index (χ0v) is 11.8. The van der Waals surface area contributed by atoms with Gasteiger partial charge >= 0.3 is 0 Å². The van der Waals surface area contributed by atoms with Gasteiger partial charge in [-0.25, -0.2) is 0 Å². The van der Waals surface area contributed by atoms with Crippen molar-refractivity contribution in [3.63, 3.8) is 0 Å². The maximum Gasteiger partial charge on any atom is 0.0888 e. The molecular formula is C13H12Br2O. The lowest BCUT2D eigenvalue weighted by molar-refractivity contribution is 0.138. The third-order valence-electron chi connectivity index (χ3n) is 3.70. The summed E-state index contributed by atoms with van der Waals surface area (Å²) in [6, 6.07) is 8.49. The summed E-state index contributed by atoms with van der Waals surface area (Å²) in [5.41, 5.74) is 2.77.